The summed E-state index contributed by atoms with van der Waals surface area (Å²) in [5.74, 6) is 1.14. The molecule has 3 N–H and O–H groups in total. The van der Waals surface area contributed by atoms with E-state index in [0.717, 1.165) is 38.6 Å². The van der Waals surface area contributed by atoms with Gasteiger partial charge in [0.05, 0.1) is 6.54 Å². The first-order chi connectivity index (χ1) is 14.5. The number of guanidine groups is 1. The van der Waals surface area contributed by atoms with Gasteiger partial charge < -0.3 is 15.5 Å². The fourth-order valence-electron chi connectivity index (χ4n) is 3.96. The third kappa shape index (κ3) is 7.56. The van der Waals surface area contributed by atoms with Crippen molar-refractivity contribution in [3.63, 3.8) is 0 Å². The van der Waals surface area contributed by atoms with Crippen LogP contribution in [0, 0.1) is 5.92 Å². The number of nitrogens with one attached hydrogen (secondary N) is 3. The molecule has 1 aliphatic heterocycles. The molecule has 1 aliphatic carbocycles. The van der Waals surface area contributed by atoms with E-state index in [-0.39, 0.29) is 47.4 Å². The fourth-order valence-corrected chi connectivity index (χ4v) is 4.94. The Morgan fingerprint density at radius 1 is 1.29 bits per heavy atom. The zero-order valence-electron chi connectivity index (χ0n) is 17.9. The smallest absolute Gasteiger partial charge is 0.242 e. The van der Waals surface area contributed by atoms with Gasteiger partial charge in [0.1, 0.15) is 4.90 Å². The van der Waals surface area contributed by atoms with Gasteiger partial charge in [-0.1, -0.05) is 12.8 Å². The molecule has 2 fully saturated rings. The first-order valence-electron chi connectivity index (χ1n) is 10.7. The molecule has 0 bridgehead atoms. The molecule has 0 radical (unpaired) electrons. The average molecular weight is 564 g/mol. The van der Waals surface area contributed by atoms with E-state index in [1.165, 1.54) is 18.5 Å². The number of carbonyl (C=O) groups is 1. The van der Waals surface area contributed by atoms with Crippen molar-refractivity contribution in [1.82, 2.24) is 25.2 Å². The van der Waals surface area contributed by atoms with Crippen molar-refractivity contribution in [1.29, 1.82) is 0 Å². The SMILES string of the molecule is CCNC(=NCCNS(=O)(=O)c1cccnc1)NC1CCN(C(=O)C2CCCC2)C1.I. The van der Waals surface area contributed by atoms with Crippen LogP contribution in [0.5, 0.6) is 0 Å². The van der Waals surface area contributed by atoms with Crippen molar-refractivity contribution in [2.45, 2.75) is 50.0 Å². The van der Waals surface area contributed by atoms with E-state index in [2.05, 4.69) is 25.3 Å². The number of nitrogens with zero attached hydrogens (tertiary/aromatic N) is 3. The van der Waals surface area contributed by atoms with E-state index in [4.69, 9.17) is 0 Å². The van der Waals surface area contributed by atoms with Gasteiger partial charge in [-0.2, -0.15) is 0 Å². The summed E-state index contributed by atoms with van der Waals surface area (Å²) < 4.78 is 27.0. The van der Waals surface area contributed by atoms with Crippen molar-refractivity contribution in [2.75, 3.05) is 32.7 Å². The van der Waals surface area contributed by atoms with Crippen LogP contribution in [0.1, 0.15) is 39.0 Å². The normalized spacial score (nSPS) is 19.8. The number of halogens is 1. The van der Waals surface area contributed by atoms with Crippen molar-refractivity contribution < 1.29 is 13.2 Å². The zero-order valence-corrected chi connectivity index (χ0v) is 21.1. The van der Waals surface area contributed by atoms with Gasteiger partial charge in [0, 0.05) is 50.5 Å². The zero-order chi connectivity index (χ0) is 21.4. The number of aliphatic imine (C=N–C) groups is 1. The predicted octanol–water partition coefficient (Wildman–Crippen LogP) is 1.32. The summed E-state index contributed by atoms with van der Waals surface area (Å²) in [7, 11) is -3.58. The summed E-state index contributed by atoms with van der Waals surface area (Å²) in [5.41, 5.74) is 0. The van der Waals surface area contributed by atoms with Crippen molar-refractivity contribution >= 4 is 45.9 Å². The lowest BCUT2D eigenvalue weighted by Crippen LogP contribution is -2.45. The highest BCUT2D eigenvalue weighted by Crippen LogP contribution is 2.27. The molecular formula is C20H33IN6O3S. The molecule has 1 saturated heterocycles. The number of likely N-dealkylation sites (tertiary alicyclic amines) is 1. The molecular weight excluding hydrogens is 531 g/mol. The lowest BCUT2D eigenvalue weighted by molar-refractivity contribution is -0.134. The van der Waals surface area contributed by atoms with Gasteiger partial charge in [-0.05, 0) is 38.3 Å². The van der Waals surface area contributed by atoms with Crippen LogP contribution in [0.4, 0.5) is 0 Å². The summed E-state index contributed by atoms with van der Waals surface area (Å²) in [5, 5.41) is 6.57. The van der Waals surface area contributed by atoms with E-state index in [0.29, 0.717) is 31.5 Å². The van der Waals surface area contributed by atoms with Crippen LogP contribution in [-0.4, -0.2) is 68.9 Å². The van der Waals surface area contributed by atoms with E-state index >= 15 is 0 Å². The number of hydrogen-bond donors (Lipinski definition) is 3. The minimum Gasteiger partial charge on any atom is -0.357 e. The average Bonchev–Trinajstić information content (AvgIpc) is 3.44. The van der Waals surface area contributed by atoms with Crippen LogP contribution >= 0.6 is 24.0 Å². The summed E-state index contributed by atoms with van der Waals surface area (Å²) in [4.78, 5) is 23.0. The van der Waals surface area contributed by atoms with Crippen LogP contribution < -0.4 is 15.4 Å². The quantitative estimate of drug-likeness (QED) is 0.190. The van der Waals surface area contributed by atoms with Crippen molar-refractivity contribution in [3.8, 4) is 0 Å². The Hall–Kier alpha value is -1.47. The lowest BCUT2D eigenvalue weighted by Gasteiger charge is -2.21. The molecule has 1 amide bonds. The highest BCUT2D eigenvalue weighted by Gasteiger charge is 2.32. The highest BCUT2D eigenvalue weighted by atomic mass is 127. The number of hydrogen-bond acceptors (Lipinski definition) is 5. The third-order valence-electron chi connectivity index (χ3n) is 5.51. The first-order valence-corrected chi connectivity index (χ1v) is 12.2. The topological polar surface area (TPSA) is 116 Å². The van der Waals surface area contributed by atoms with E-state index in [1.54, 1.807) is 6.07 Å². The lowest BCUT2D eigenvalue weighted by atomic mass is 10.1. The number of carbonyl (C=O) groups excluding carboxylic acids is 1. The third-order valence-corrected chi connectivity index (χ3v) is 6.95. The molecule has 174 valence electrons. The number of amides is 1. The van der Waals surface area contributed by atoms with Crippen LogP contribution in [-0.2, 0) is 14.8 Å². The summed E-state index contributed by atoms with van der Waals surface area (Å²) in [6, 6.07) is 3.24. The number of pyridine rings is 1. The van der Waals surface area contributed by atoms with Crippen LogP contribution in [0.15, 0.2) is 34.4 Å². The molecule has 11 heteroatoms. The maximum atomic E-state index is 12.6. The molecule has 1 aromatic heterocycles. The van der Waals surface area contributed by atoms with Gasteiger partial charge in [-0.25, -0.2) is 13.1 Å². The number of sulfonamides is 1. The second kappa shape index (κ2) is 12.5. The molecule has 1 saturated carbocycles. The van der Waals surface area contributed by atoms with Crippen molar-refractivity contribution in [3.05, 3.63) is 24.5 Å². The van der Waals surface area contributed by atoms with Gasteiger partial charge in [-0.15, -0.1) is 24.0 Å². The van der Waals surface area contributed by atoms with Gasteiger partial charge in [0.2, 0.25) is 15.9 Å². The predicted molar refractivity (Wildman–Crippen MR) is 131 cm³/mol. The summed E-state index contributed by atoms with van der Waals surface area (Å²) >= 11 is 0. The minimum atomic E-state index is -3.58. The molecule has 2 aliphatic rings. The summed E-state index contributed by atoms with van der Waals surface area (Å²) in [6.45, 7) is 4.62. The van der Waals surface area contributed by atoms with Gasteiger partial charge in [0.25, 0.3) is 0 Å². The standard InChI is InChI=1S/C20H32N6O3S.HI/c1-2-22-20(23-11-12-24-30(28,29)18-8-5-10-21-14-18)25-17-9-13-26(15-17)19(27)16-6-3-4-7-16;/h5,8,10,14,16-17,24H,2-4,6-7,9,11-13,15H2,1H3,(H2,22,23,25);1H. The molecule has 1 atom stereocenters. The van der Waals surface area contributed by atoms with Gasteiger partial charge in [0.15, 0.2) is 5.96 Å². The Kier molecular flexibility index (Phi) is 10.4. The Morgan fingerprint density at radius 3 is 2.74 bits per heavy atom. The van der Waals surface area contributed by atoms with Gasteiger partial charge >= 0.3 is 0 Å². The molecule has 0 spiro atoms. The first kappa shape index (κ1) is 25.8. The second-order valence-corrected chi connectivity index (χ2v) is 9.51. The van der Waals surface area contributed by atoms with Crippen LogP contribution in [0.3, 0.4) is 0 Å². The molecule has 3 rings (SSSR count). The van der Waals surface area contributed by atoms with E-state index < -0.39 is 10.0 Å². The Balaban J connectivity index is 0.00000341. The molecule has 1 unspecified atom stereocenters. The van der Waals surface area contributed by atoms with Gasteiger partial charge in [-0.3, -0.25) is 14.8 Å². The monoisotopic (exact) mass is 564 g/mol. The molecule has 0 aromatic carbocycles. The highest BCUT2D eigenvalue weighted by molar-refractivity contribution is 14.0. The Morgan fingerprint density at radius 2 is 2.06 bits per heavy atom. The Bertz CT molecular complexity index is 831. The number of aromatic nitrogens is 1. The van der Waals surface area contributed by atoms with E-state index in [9.17, 15) is 13.2 Å². The molecule has 1 aromatic rings. The maximum absolute atomic E-state index is 12.6. The maximum Gasteiger partial charge on any atom is 0.242 e. The molecule has 31 heavy (non-hydrogen) atoms. The minimum absolute atomic E-state index is 0. The second-order valence-electron chi connectivity index (χ2n) is 7.74. The largest absolute Gasteiger partial charge is 0.357 e. The van der Waals surface area contributed by atoms with Crippen LogP contribution in [0.2, 0.25) is 0 Å². The number of rotatable bonds is 8. The summed E-state index contributed by atoms with van der Waals surface area (Å²) in [6.07, 6.45) is 8.09. The van der Waals surface area contributed by atoms with Crippen molar-refractivity contribution in [2.24, 2.45) is 10.9 Å². The molecule has 2 heterocycles. The Labute approximate surface area is 201 Å². The van der Waals surface area contributed by atoms with Crippen LogP contribution in [0.25, 0.3) is 0 Å². The fraction of sp³-hybridized carbons (Fsp3) is 0.650. The molecule has 9 nitrogen and oxygen atoms in total. The van der Waals surface area contributed by atoms with E-state index in [1.807, 2.05) is 11.8 Å².